The van der Waals surface area contributed by atoms with E-state index in [1.807, 2.05) is 30.3 Å². The van der Waals surface area contributed by atoms with Crippen molar-refractivity contribution in [3.8, 4) is 5.75 Å². The molecule has 2 aromatic rings. The lowest BCUT2D eigenvalue weighted by atomic mass is 10.1. The van der Waals surface area contributed by atoms with Crippen molar-refractivity contribution in [1.82, 2.24) is 4.90 Å². The predicted octanol–water partition coefficient (Wildman–Crippen LogP) is 5.77. The Morgan fingerprint density at radius 1 is 0.870 bits per heavy atom. The van der Waals surface area contributed by atoms with Gasteiger partial charge in [-0.2, -0.15) is 0 Å². The molecule has 0 aliphatic rings. The van der Waals surface area contributed by atoms with E-state index < -0.39 is 0 Å². The molecule has 0 spiro atoms. The Bertz CT molecular complexity index is 595. The summed E-state index contributed by atoms with van der Waals surface area (Å²) in [5, 5.41) is 2.94. The first kappa shape index (κ1) is 18.1. The van der Waals surface area contributed by atoms with Crippen LogP contribution in [0, 0.1) is 0 Å². The summed E-state index contributed by atoms with van der Waals surface area (Å²) in [7, 11) is 0. The molecule has 23 heavy (non-hydrogen) atoms. The molecule has 0 aromatic heterocycles. The van der Waals surface area contributed by atoms with Gasteiger partial charge in [0.1, 0.15) is 5.75 Å². The van der Waals surface area contributed by atoms with Crippen LogP contribution in [0.25, 0.3) is 10.8 Å². The highest BCUT2D eigenvalue weighted by Crippen LogP contribution is 2.31. The summed E-state index contributed by atoms with van der Waals surface area (Å²) < 4.78 is 5.98. The smallest absolute Gasteiger partial charge is 0.127 e. The molecule has 0 amide bonds. The SMILES string of the molecule is CCN(CC)CCCCCCOc1ccc(Cl)c2ccccc12. The molecule has 0 N–H and O–H groups in total. The second-order valence-electron chi connectivity index (χ2n) is 5.88. The fraction of sp³-hybridized carbons (Fsp3) is 0.500. The Morgan fingerprint density at radius 2 is 1.57 bits per heavy atom. The Hall–Kier alpha value is -1.25. The minimum Gasteiger partial charge on any atom is -0.493 e. The van der Waals surface area contributed by atoms with Gasteiger partial charge >= 0.3 is 0 Å². The lowest BCUT2D eigenvalue weighted by Gasteiger charge is -2.17. The first-order valence-electron chi connectivity index (χ1n) is 8.78. The molecule has 0 atom stereocenters. The number of rotatable bonds is 10. The average Bonchev–Trinajstić information content (AvgIpc) is 2.59. The largest absolute Gasteiger partial charge is 0.493 e. The maximum atomic E-state index is 6.24. The third-order valence-electron chi connectivity index (χ3n) is 4.35. The van der Waals surface area contributed by atoms with Gasteiger partial charge in [0.25, 0.3) is 0 Å². The molecule has 0 radical (unpaired) electrons. The molecule has 0 heterocycles. The Balaban J connectivity index is 1.72. The molecule has 0 fully saturated rings. The monoisotopic (exact) mass is 333 g/mol. The maximum absolute atomic E-state index is 6.24. The third-order valence-corrected chi connectivity index (χ3v) is 4.68. The highest BCUT2D eigenvalue weighted by atomic mass is 35.5. The van der Waals surface area contributed by atoms with E-state index in [9.17, 15) is 0 Å². The molecule has 126 valence electrons. The molecule has 2 aromatic carbocycles. The Kier molecular flexibility index (Phi) is 7.70. The second kappa shape index (κ2) is 9.79. The normalized spacial score (nSPS) is 11.3. The van der Waals surface area contributed by atoms with E-state index in [0.717, 1.165) is 47.7 Å². The van der Waals surface area contributed by atoms with E-state index in [1.165, 1.54) is 25.8 Å². The molecule has 2 nitrogen and oxygen atoms in total. The first-order valence-corrected chi connectivity index (χ1v) is 9.16. The number of hydrogen-bond donors (Lipinski definition) is 0. The van der Waals surface area contributed by atoms with Gasteiger partial charge in [-0.1, -0.05) is 62.6 Å². The Morgan fingerprint density at radius 3 is 2.30 bits per heavy atom. The zero-order chi connectivity index (χ0) is 16.5. The van der Waals surface area contributed by atoms with E-state index in [2.05, 4.69) is 24.8 Å². The van der Waals surface area contributed by atoms with E-state index in [0.29, 0.717) is 0 Å². The van der Waals surface area contributed by atoms with Crippen molar-refractivity contribution in [3.05, 3.63) is 41.4 Å². The zero-order valence-corrected chi connectivity index (χ0v) is 15.1. The number of hydrogen-bond acceptors (Lipinski definition) is 2. The molecule has 0 aliphatic carbocycles. The molecule has 0 unspecified atom stereocenters. The summed E-state index contributed by atoms with van der Waals surface area (Å²) >= 11 is 6.24. The van der Waals surface area contributed by atoms with Crippen LogP contribution in [-0.4, -0.2) is 31.1 Å². The lowest BCUT2D eigenvalue weighted by Crippen LogP contribution is -2.23. The van der Waals surface area contributed by atoms with Gasteiger partial charge < -0.3 is 9.64 Å². The summed E-state index contributed by atoms with van der Waals surface area (Å²) in [4.78, 5) is 2.48. The lowest BCUT2D eigenvalue weighted by molar-refractivity contribution is 0.285. The fourth-order valence-corrected chi connectivity index (χ4v) is 3.10. The van der Waals surface area contributed by atoms with Crippen LogP contribution in [0.1, 0.15) is 39.5 Å². The van der Waals surface area contributed by atoms with Gasteiger partial charge in [-0.3, -0.25) is 0 Å². The first-order chi connectivity index (χ1) is 11.3. The predicted molar refractivity (Wildman–Crippen MR) is 101 cm³/mol. The highest BCUT2D eigenvalue weighted by Gasteiger charge is 2.05. The molecule has 0 saturated heterocycles. The number of halogens is 1. The molecule has 3 heteroatoms. The molecule has 0 aliphatic heterocycles. The van der Waals surface area contributed by atoms with Crippen LogP contribution in [0.5, 0.6) is 5.75 Å². The van der Waals surface area contributed by atoms with Crippen molar-refractivity contribution in [1.29, 1.82) is 0 Å². The van der Waals surface area contributed by atoms with Crippen molar-refractivity contribution < 1.29 is 4.74 Å². The highest BCUT2D eigenvalue weighted by molar-refractivity contribution is 6.35. The maximum Gasteiger partial charge on any atom is 0.127 e. The molecule has 0 bridgehead atoms. The molecular weight excluding hydrogens is 306 g/mol. The van der Waals surface area contributed by atoms with E-state index >= 15 is 0 Å². The van der Waals surface area contributed by atoms with Gasteiger partial charge in [0, 0.05) is 15.8 Å². The van der Waals surface area contributed by atoms with Crippen LogP contribution in [-0.2, 0) is 0 Å². The standard InChI is InChI=1S/C20H28ClNO/c1-3-22(4-2)15-9-5-6-10-16-23-20-14-13-19(21)17-11-7-8-12-18(17)20/h7-8,11-14H,3-6,9-10,15-16H2,1-2H3. The summed E-state index contributed by atoms with van der Waals surface area (Å²) in [5.74, 6) is 0.938. The van der Waals surface area contributed by atoms with Crippen molar-refractivity contribution in [2.75, 3.05) is 26.2 Å². The zero-order valence-electron chi connectivity index (χ0n) is 14.4. The second-order valence-corrected chi connectivity index (χ2v) is 6.29. The average molecular weight is 334 g/mol. The van der Waals surface area contributed by atoms with Gasteiger partial charge in [0.15, 0.2) is 0 Å². The fourth-order valence-electron chi connectivity index (χ4n) is 2.87. The quantitative estimate of drug-likeness (QED) is 0.511. The summed E-state index contributed by atoms with van der Waals surface area (Å²) in [6.07, 6.45) is 4.90. The van der Waals surface area contributed by atoms with Crippen molar-refractivity contribution in [2.45, 2.75) is 39.5 Å². The summed E-state index contributed by atoms with van der Waals surface area (Å²) in [5.41, 5.74) is 0. The van der Waals surface area contributed by atoms with Crippen LogP contribution < -0.4 is 4.74 Å². The van der Waals surface area contributed by atoms with Gasteiger partial charge in [-0.25, -0.2) is 0 Å². The topological polar surface area (TPSA) is 12.5 Å². The minimum atomic E-state index is 0.775. The number of unbranched alkanes of at least 4 members (excludes halogenated alkanes) is 3. The van der Waals surface area contributed by atoms with Crippen molar-refractivity contribution >= 4 is 22.4 Å². The van der Waals surface area contributed by atoms with Gasteiger partial charge in [-0.05, 0) is 44.6 Å². The van der Waals surface area contributed by atoms with Gasteiger partial charge in [-0.15, -0.1) is 0 Å². The van der Waals surface area contributed by atoms with Gasteiger partial charge in [0.05, 0.1) is 6.61 Å². The van der Waals surface area contributed by atoms with Crippen LogP contribution in [0.3, 0.4) is 0 Å². The van der Waals surface area contributed by atoms with Crippen LogP contribution in [0.4, 0.5) is 0 Å². The summed E-state index contributed by atoms with van der Waals surface area (Å²) in [6, 6.07) is 12.0. The molecule has 2 rings (SSSR count). The van der Waals surface area contributed by atoms with E-state index in [4.69, 9.17) is 16.3 Å². The Labute approximate surface area is 145 Å². The number of benzene rings is 2. The van der Waals surface area contributed by atoms with Crippen molar-refractivity contribution in [2.24, 2.45) is 0 Å². The minimum absolute atomic E-state index is 0.775. The number of fused-ring (bicyclic) bond motifs is 1. The van der Waals surface area contributed by atoms with Crippen LogP contribution in [0.2, 0.25) is 5.02 Å². The van der Waals surface area contributed by atoms with Crippen LogP contribution in [0.15, 0.2) is 36.4 Å². The third kappa shape index (κ3) is 5.40. The van der Waals surface area contributed by atoms with E-state index in [1.54, 1.807) is 0 Å². The van der Waals surface area contributed by atoms with Crippen molar-refractivity contribution in [3.63, 3.8) is 0 Å². The summed E-state index contributed by atoms with van der Waals surface area (Å²) in [6.45, 7) is 8.76. The number of nitrogens with zero attached hydrogens (tertiary/aromatic N) is 1. The van der Waals surface area contributed by atoms with E-state index in [-0.39, 0.29) is 0 Å². The van der Waals surface area contributed by atoms with Gasteiger partial charge in [0.2, 0.25) is 0 Å². The molecule has 0 saturated carbocycles. The molecular formula is C20H28ClNO. The number of ether oxygens (including phenoxy) is 1. The van der Waals surface area contributed by atoms with Crippen LogP contribution >= 0.6 is 11.6 Å².